The molecule has 98 valence electrons. The van der Waals surface area contributed by atoms with Crippen molar-refractivity contribution in [3.05, 3.63) is 0 Å². The highest BCUT2D eigenvalue weighted by atomic mass is 16.5. The Hall–Kier alpha value is -1.10. The van der Waals surface area contributed by atoms with Crippen LogP contribution in [0.4, 0.5) is 0 Å². The number of amides is 1. The maximum absolute atomic E-state index is 11.6. The second-order valence-corrected chi connectivity index (χ2v) is 4.13. The third kappa shape index (κ3) is 3.43. The van der Waals surface area contributed by atoms with E-state index in [2.05, 4.69) is 0 Å². The van der Waals surface area contributed by atoms with E-state index in [0.717, 1.165) is 12.8 Å². The number of carboxylic acids is 1. The zero-order chi connectivity index (χ0) is 12.8. The van der Waals surface area contributed by atoms with Crippen LogP contribution in [0.2, 0.25) is 0 Å². The molecular weight excluding hydrogens is 222 g/mol. The van der Waals surface area contributed by atoms with Gasteiger partial charge >= 0.3 is 5.97 Å². The topological polar surface area (TPSA) is 66.8 Å². The molecular formula is C12H21NO4. The van der Waals surface area contributed by atoms with Gasteiger partial charge < -0.3 is 14.7 Å². The van der Waals surface area contributed by atoms with Gasteiger partial charge in [0, 0.05) is 32.2 Å². The molecule has 1 atom stereocenters. The van der Waals surface area contributed by atoms with Gasteiger partial charge in [-0.1, -0.05) is 13.8 Å². The molecule has 0 aromatic heterocycles. The average molecular weight is 243 g/mol. The van der Waals surface area contributed by atoms with E-state index in [0.29, 0.717) is 19.8 Å². The lowest BCUT2D eigenvalue weighted by atomic mass is 10.1. The van der Waals surface area contributed by atoms with E-state index in [9.17, 15) is 9.59 Å². The number of carbonyl (C=O) groups excluding carboxylic acids is 1. The van der Waals surface area contributed by atoms with Gasteiger partial charge in [-0.3, -0.25) is 9.59 Å². The van der Waals surface area contributed by atoms with Crippen LogP contribution in [0.25, 0.3) is 0 Å². The maximum Gasteiger partial charge on any atom is 0.308 e. The van der Waals surface area contributed by atoms with Gasteiger partial charge in [0.05, 0.1) is 5.92 Å². The molecule has 1 amide bonds. The van der Waals surface area contributed by atoms with E-state index in [1.165, 1.54) is 0 Å². The molecule has 0 spiro atoms. The fourth-order valence-corrected chi connectivity index (χ4v) is 2.25. The van der Waals surface area contributed by atoms with Gasteiger partial charge in [0.15, 0.2) is 0 Å². The largest absolute Gasteiger partial charge is 0.481 e. The fourth-order valence-electron chi connectivity index (χ4n) is 2.25. The molecule has 0 bridgehead atoms. The Morgan fingerprint density at radius 1 is 1.35 bits per heavy atom. The number of aliphatic carboxylic acids is 1. The second kappa shape index (κ2) is 6.59. The molecule has 2 fully saturated rings. The molecule has 1 N–H and O–H groups in total. The highest BCUT2D eigenvalue weighted by Gasteiger charge is 2.38. The van der Waals surface area contributed by atoms with Gasteiger partial charge in [-0.05, 0) is 12.8 Å². The minimum Gasteiger partial charge on any atom is -0.481 e. The third-order valence-corrected chi connectivity index (χ3v) is 3.14. The normalized spacial score (nSPS) is 25.4. The van der Waals surface area contributed by atoms with Crippen LogP contribution in [0.1, 0.15) is 33.1 Å². The first-order chi connectivity index (χ1) is 8.18. The lowest BCUT2D eigenvalue weighted by Crippen LogP contribution is -2.40. The summed E-state index contributed by atoms with van der Waals surface area (Å²) in [5.41, 5.74) is 0. The van der Waals surface area contributed by atoms with E-state index in [4.69, 9.17) is 9.84 Å². The van der Waals surface area contributed by atoms with Crippen LogP contribution in [0.15, 0.2) is 0 Å². The van der Waals surface area contributed by atoms with Crippen molar-refractivity contribution in [3.8, 4) is 0 Å². The summed E-state index contributed by atoms with van der Waals surface area (Å²) in [4.78, 5) is 24.1. The van der Waals surface area contributed by atoms with Gasteiger partial charge in [0.2, 0.25) is 5.91 Å². The van der Waals surface area contributed by atoms with Crippen molar-refractivity contribution in [2.75, 3.05) is 19.8 Å². The Balaban J connectivity index is 0.000000686. The number of carbonyl (C=O) groups is 2. The zero-order valence-corrected chi connectivity index (χ0v) is 10.5. The molecule has 2 aliphatic heterocycles. The van der Waals surface area contributed by atoms with Crippen LogP contribution in [-0.2, 0) is 14.3 Å². The lowest BCUT2D eigenvalue weighted by Gasteiger charge is -2.31. The molecule has 0 aromatic carbocycles. The Morgan fingerprint density at radius 3 is 2.41 bits per heavy atom. The standard InChI is InChI=1S/C10H15NO4.C2H6/c12-9-5-7(10(13)14)6-11(9)8-1-3-15-4-2-8;1-2/h7-8H,1-6H2,(H,13,14);1-2H3. The highest BCUT2D eigenvalue weighted by Crippen LogP contribution is 2.24. The number of hydrogen-bond donors (Lipinski definition) is 1. The van der Waals surface area contributed by atoms with E-state index in [1.54, 1.807) is 4.90 Å². The number of ether oxygens (including phenoxy) is 1. The number of rotatable bonds is 2. The second-order valence-electron chi connectivity index (χ2n) is 4.13. The molecule has 17 heavy (non-hydrogen) atoms. The molecule has 2 heterocycles. The predicted octanol–water partition coefficient (Wildman–Crippen LogP) is 1.12. The van der Waals surface area contributed by atoms with Gasteiger partial charge in [0.1, 0.15) is 0 Å². The third-order valence-electron chi connectivity index (χ3n) is 3.14. The smallest absolute Gasteiger partial charge is 0.308 e. The summed E-state index contributed by atoms with van der Waals surface area (Å²) in [6, 6.07) is 0.190. The molecule has 2 aliphatic rings. The number of carboxylic acid groups (broad SMARTS) is 1. The number of hydrogen-bond acceptors (Lipinski definition) is 3. The summed E-state index contributed by atoms with van der Waals surface area (Å²) < 4.78 is 5.21. The van der Waals surface area contributed by atoms with Crippen molar-refractivity contribution in [3.63, 3.8) is 0 Å². The summed E-state index contributed by atoms with van der Waals surface area (Å²) in [5, 5.41) is 8.84. The van der Waals surface area contributed by atoms with Gasteiger partial charge in [0.25, 0.3) is 0 Å². The molecule has 2 saturated heterocycles. The van der Waals surface area contributed by atoms with Crippen molar-refractivity contribution in [2.24, 2.45) is 5.92 Å². The fraction of sp³-hybridized carbons (Fsp3) is 0.833. The first kappa shape index (κ1) is 14.0. The molecule has 2 rings (SSSR count). The average Bonchev–Trinajstić information content (AvgIpc) is 2.75. The van der Waals surface area contributed by atoms with Crippen LogP contribution in [0.3, 0.4) is 0 Å². The Bertz CT molecular complexity index is 274. The summed E-state index contributed by atoms with van der Waals surface area (Å²) in [6.45, 7) is 5.72. The van der Waals surface area contributed by atoms with Gasteiger partial charge in [-0.15, -0.1) is 0 Å². The van der Waals surface area contributed by atoms with Crippen molar-refractivity contribution in [1.29, 1.82) is 0 Å². The number of nitrogens with zero attached hydrogens (tertiary/aromatic N) is 1. The van der Waals surface area contributed by atoms with E-state index in [-0.39, 0.29) is 18.4 Å². The zero-order valence-electron chi connectivity index (χ0n) is 10.5. The molecule has 5 nitrogen and oxygen atoms in total. The molecule has 1 unspecified atom stereocenters. The summed E-state index contributed by atoms with van der Waals surface area (Å²) in [5.74, 6) is -1.40. The van der Waals surface area contributed by atoms with Crippen LogP contribution in [0.5, 0.6) is 0 Å². The predicted molar refractivity (Wildman–Crippen MR) is 62.6 cm³/mol. The summed E-state index contributed by atoms with van der Waals surface area (Å²) >= 11 is 0. The van der Waals surface area contributed by atoms with E-state index in [1.807, 2.05) is 13.8 Å². The van der Waals surface area contributed by atoms with Gasteiger partial charge in [-0.2, -0.15) is 0 Å². The minimum absolute atomic E-state index is 0.0192. The molecule has 0 aromatic rings. The molecule has 0 aliphatic carbocycles. The SMILES string of the molecule is CC.O=C(O)C1CC(=O)N(C2CCOCC2)C1. The van der Waals surface area contributed by atoms with E-state index < -0.39 is 11.9 Å². The monoisotopic (exact) mass is 243 g/mol. The van der Waals surface area contributed by atoms with E-state index >= 15 is 0 Å². The Morgan fingerprint density at radius 2 is 1.94 bits per heavy atom. The highest BCUT2D eigenvalue weighted by molar-refractivity contribution is 5.86. The van der Waals surface area contributed by atoms with Crippen molar-refractivity contribution >= 4 is 11.9 Å². The van der Waals surface area contributed by atoms with Crippen LogP contribution >= 0.6 is 0 Å². The Labute approximate surface area is 102 Å². The molecule has 5 heteroatoms. The first-order valence-electron chi connectivity index (χ1n) is 6.28. The van der Waals surface area contributed by atoms with Crippen LogP contribution < -0.4 is 0 Å². The Kier molecular flexibility index (Phi) is 5.41. The summed E-state index contributed by atoms with van der Waals surface area (Å²) in [7, 11) is 0. The molecule has 0 radical (unpaired) electrons. The molecule has 0 saturated carbocycles. The van der Waals surface area contributed by atoms with Crippen LogP contribution in [-0.4, -0.2) is 47.7 Å². The van der Waals surface area contributed by atoms with Crippen LogP contribution in [0, 0.1) is 5.92 Å². The lowest BCUT2D eigenvalue weighted by molar-refractivity contribution is -0.141. The maximum atomic E-state index is 11.6. The summed E-state index contributed by atoms with van der Waals surface area (Å²) in [6.07, 6.45) is 1.82. The number of likely N-dealkylation sites (tertiary alicyclic amines) is 1. The van der Waals surface area contributed by atoms with Crippen molar-refractivity contribution < 1.29 is 19.4 Å². The van der Waals surface area contributed by atoms with Crippen molar-refractivity contribution in [2.45, 2.75) is 39.2 Å². The van der Waals surface area contributed by atoms with Gasteiger partial charge in [-0.25, -0.2) is 0 Å². The first-order valence-corrected chi connectivity index (χ1v) is 6.28. The quantitative estimate of drug-likeness (QED) is 0.789. The van der Waals surface area contributed by atoms with Crippen molar-refractivity contribution in [1.82, 2.24) is 4.90 Å². The minimum atomic E-state index is -0.863.